The van der Waals surface area contributed by atoms with Crippen molar-refractivity contribution in [2.45, 2.75) is 45.6 Å². The Kier molecular flexibility index (Phi) is 10.2. The molecule has 0 radical (unpaired) electrons. The summed E-state index contributed by atoms with van der Waals surface area (Å²) in [5, 5.41) is 1.41. The molecule has 0 saturated carbocycles. The topological polar surface area (TPSA) is 22.3 Å². The van der Waals surface area contributed by atoms with Crippen LogP contribution in [0.15, 0.2) is 73.8 Å². The zero-order valence-corrected chi connectivity index (χ0v) is 21.5. The van der Waals surface area contributed by atoms with Crippen molar-refractivity contribution in [3.05, 3.63) is 96.2 Å². The second kappa shape index (κ2) is 13.3. The first kappa shape index (κ1) is 26.0. The van der Waals surface area contributed by atoms with Crippen molar-refractivity contribution in [3.8, 4) is 0 Å². The third-order valence-corrected chi connectivity index (χ3v) is 7.16. The summed E-state index contributed by atoms with van der Waals surface area (Å²) in [5.41, 5.74) is 7.21. The number of para-hydroxylation sites is 1. The van der Waals surface area contributed by atoms with Crippen LogP contribution in [0.4, 0.5) is 0 Å². The average Bonchev–Trinajstić information content (AvgIpc) is 3.22. The summed E-state index contributed by atoms with van der Waals surface area (Å²) in [5.74, 6) is 0.954. The fourth-order valence-corrected chi connectivity index (χ4v) is 4.93. The Balaban J connectivity index is 0.000000166. The van der Waals surface area contributed by atoms with Crippen LogP contribution in [0.1, 0.15) is 41.6 Å². The highest BCUT2D eigenvalue weighted by atomic mass is 15.1. The molecule has 1 saturated heterocycles. The van der Waals surface area contributed by atoms with Gasteiger partial charge in [0.05, 0.1) is 0 Å². The second-order valence-electron chi connectivity index (χ2n) is 9.80. The fourth-order valence-electron chi connectivity index (χ4n) is 4.93. The van der Waals surface area contributed by atoms with E-state index in [1.807, 2.05) is 0 Å². The quantitative estimate of drug-likeness (QED) is 0.436. The van der Waals surface area contributed by atoms with Gasteiger partial charge in [-0.1, -0.05) is 67.8 Å². The van der Waals surface area contributed by atoms with Crippen LogP contribution in [0, 0.1) is 12.8 Å². The number of aryl methyl sites for hydroxylation is 2. The largest absolute Gasteiger partial charge is 0.357 e. The molecular weight excluding hydrogens is 414 g/mol. The molecule has 182 valence electrons. The molecule has 5 rings (SSSR count). The first-order chi connectivity index (χ1) is 16.5. The van der Waals surface area contributed by atoms with Crippen molar-refractivity contribution in [1.29, 1.82) is 0 Å². The second-order valence-corrected chi connectivity index (χ2v) is 9.80. The first-order valence-electron chi connectivity index (χ1n) is 12.7. The molecule has 3 nitrogen and oxygen atoms in total. The highest BCUT2D eigenvalue weighted by Gasteiger charge is 2.18. The number of likely N-dealkylation sites (N-methyl/N-ethyl adjacent to an activating group) is 1. The van der Waals surface area contributed by atoms with Gasteiger partial charge in [0.2, 0.25) is 0 Å². The number of piperidine rings is 1. The average molecular weight is 458 g/mol. The predicted molar refractivity (Wildman–Crippen MR) is 148 cm³/mol. The van der Waals surface area contributed by atoms with E-state index in [2.05, 4.69) is 97.5 Å². The highest BCUT2D eigenvalue weighted by molar-refractivity contribution is 5.84. The summed E-state index contributed by atoms with van der Waals surface area (Å²) >= 11 is 0. The normalized spacial score (nSPS) is 16.6. The van der Waals surface area contributed by atoms with Gasteiger partial charge in [0.25, 0.3) is 0 Å². The van der Waals surface area contributed by atoms with Gasteiger partial charge in [-0.25, -0.2) is 0 Å². The number of H-pyrrole nitrogens is 1. The molecule has 0 bridgehead atoms. The Morgan fingerprint density at radius 1 is 0.912 bits per heavy atom. The van der Waals surface area contributed by atoms with Crippen molar-refractivity contribution in [1.82, 2.24) is 14.8 Å². The zero-order valence-electron chi connectivity index (χ0n) is 21.5. The standard InChI is InChI=1S/C15H23N.C12H14N2.C4H6/c1-13-5-3-4-6-15(13)8-7-14-9-11-16(2)12-10-14;1-14-7-6-10-9-4-2-3-5-11(9)13-12(10)8-14;1-3-4-2/h3-6,14H,7-12H2,1-2H3;2-5,13H,6-8H2,1H3;3-4H,1-2H2. The van der Waals surface area contributed by atoms with Gasteiger partial charge in [0, 0.05) is 29.7 Å². The minimum absolute atomic E-state index is 0.954. The van der Waals surface area contributed by atoms with Crippen LogP contribution in [0.25, 0.3) is 10.9 Å². The molecule has 0 atom stereocenters. The third kappa shape index (κ3) is 7.44. The Morgan fingerprint density at radius 3 is 2.29 bits per heavy atom. The molecule has 34 heavy (non-hydrogen) atoms. The van der Waals surface area contributed by atoms with E-state index in [0.717, 1.165) is 12.5 Å². The van der Waals surface area contributed by atoms with E-state index in [-0.39, 0.29) is 0 Å². The predicted octanol–water partition coefficient (Wildman–Crippen LogP) is 6.78. The molecule has 2 aromatic carbocycles. The molecule has 0 unspecified atom stereocenters. The minimum atomic E-state index is 0.954. The lowest BCUT2D eigenvalue weighted by atomic mass is 9.90. The van der Waals surface area contributed by atoms with Crippen LogP contribution in [-0.4, -0.2) is 48.5 Å². The number of hydrogen-bond acceptors (Lipinski definition) is 2. The molecule has 2 aliphatic heterocycles. The SMILES string of the molecule is C=CC=C.CN1CCc2c([nH]c3ccccc23)C1.Cc1ccccc1CCC1CCN(C)CC1. The molecule has 2 aliphatic rings. The summed E-state index contributed by atoms with van der Waals surface area (Å²) in [6.07, 6.45) is 9.88. The first-order valence-corrected chi connectivity index (χ1v) is 12.7. The lowest BCUT2D eigenvalue weighted by Crippen LogP contribution is -2.30. The monoisotopic (exact) mass is 457 g/mol. The molecule has 1 aromatic heterocycles. The number of benzene rings is 2. The summed E-state index contributed by atoms with van der Waals surface area (Å²) in [7, 11) is 4.41. The Hall–Kier alpha value is -2.62. The molecular formula is C31H43N3. The molecule has 0 amide bonds. The van der Waals surface area contributed by atoms with Crippen molar-refractivity contribution < 1.29 is 0 Å². The van der Waals surface area contributed by atoms with Crippen LogP contribution in [0.5, 0.6) is 0 Å². The number of rotatable bonds is 4. The van der Waals surface area contributed by atoms with Crippen LogP contribution in [0.2, 0.25) is 0 Å². The van der Waals surface area contributed by atoms with Crippen molar-refractivity contribution >= 4 is 10.9 Å². The van der Waals surface area contributed by atoms with E-state index in [4.69, 9.17) is 0 Å². The van der Waals surface area contributed by atoms with Gasteiger partial charge in [-0.15, -0.1) is 0 Å². The molecule has 3 heteroatoms. The Morgan fingerprint density at radius 2 is 1.59 bits per heavy atom. The van der Waals surface area contributed by atoms with Crippen LogP contribution in [0.3, 0.4) is 0 Å². The molecule has 0 aliphatic carbocycles. The summed E-state index contributed by atoms with van der Waals surface area (Å²) in [4.78, 5) is 8.31. The molecule has 3 heterocycles. The number of hydrogen-bond donors (Lipinski definition) is 1. The van der Waals surface area contributed by atoms with E-state index in [1.165, 1.54) is 79.5 Å². The molecule has 1 N–H and O–H groups in total. The number of aromatic amines is 1. The van der Waals surface area contributed by atoms with Gasteiger partial charge in [0.15, 0.2) is 0 Å². The maximum absolute atomic E-state index is 3.50. The number of nitrogens with zero attached hydrogens (tertiary/aromatic N) is 2. The summed E-state index contributed by atoms with van der Waals surface area (Å²) in [6.45, 7) is 13.8. The molecule has 3 aromatic rings. The molecule has 0 spiro atoms. The van der Waals surface area contributed by atoms with E-state index in [9.17, 15) is 0 Å². The number of allylic oxidation sites excluding steroid dienone is 2. The van der Waals surface area contributed by atoms with Gasteiger partial charge in [-0.05, 0) is 94.9 Å². The van der Waals surface area contributed by atoms with E-state index in [1.54, 1.807) is 17.7 Å². The van der Waals surface area contributed by atoms with Gasteiger partial charge in [-0.2, -0.15) is 0 Å². The Labute approximate surface area is 207 Å². The van der Waals surface area contributed by atoms with Crippen LogP contribution in [-0.2, 0) is 19.4 Å². The summed E-state index contributed by atoms with van der Waals surface area (Å²) in [6, 6.07) is 17.4. The maximum atomic E-state index is 3.50. The van der Waals surface area contributed by atoms with E-state index < -0.39 is 0 Å². The van der Waals surface area contributed by atoms with Gasteiger partial charge < -0.3 is 14.8 Å². The number of fused-ring (bicyclic) bond motifs is 3. The number of nitrogens with one attached hydrogen (secondary N) is 1. The summed E-state index contributed by atoms with van der Waals surface area (Å²) < 4.78 is 0. The van der Waals surface area contributed by atoms with Gasteiger partial charge in [0.1, 0.15) is 0 Å². The number of aromatic nitrogens is 1. The maximum Gasteiger partial charge on any atom is 0.0459 e. The zero-order chi connectivity index (χ0) is 24.3. The third-order valence-electron chi connectivity index (χ3n) is 7.16. The van der Waals surface area contributed by atoms with Gasteiger partial charge >= 0.3 is 0 Å². The molecule has 1 fully saturated rings. The van der Waals surface area contributed by atoms with Gasteiger partial charge in [-0.3, -0.25) is 0 Å². The van der Waals surface area contributed by atoms with Crippen molar-refractivity contribution in [2.75, 3.05) is 33.7 Å². The fraction of sp³-hybridized carbons (Fsp3) is 0.419. The Bertz CT molecular complexity index is 1030. The van der Waals surface area contributed by atoms with Crippen molar-refractivity contribution in [3.63, 3.8) is 0 Å². The minimum Gasteiger partial charge on any atom is -0.357 e. The van der Waals surface area contributed by atoms with E-state index >= 15 is 0 Å². The van der Waals surface area contributed by atoms with E-state index in [0.29, 0.717) is 0 Å². The lowest BCUT2D eigenvalue weighted by Gasteiger charge is -2.29. The highest BCUT2D eigenvalue weighted by Crippen LogP contribution is 2.26. The lowest BCUT2D eigenvalue weighted by molar-refractivity contribution is 0.212. The van der Waals surface area contributed by atoms with Crippen LogP contribution >= 0.6 is 0 Å². The van der Waals surface area contributed by atoms with Crippen molar-refractivity contribution in [2.24, 2.45) is 5.92 Å². The van der Waals surface area contributed by atoms with Crippen LogP contribution < -0.4 is 0 Å². The number of likely N-dealkylation sites (tertiary alicyclic amines) is 1. The smallest absolute Gasteiger partial charge is 0.0459 e.